The Bertz CT molecular complexity index is 1390. The van der Waals surface area contributed by atoms with E-state index < -0.39 is 34.4 Å². The third-order valence-corrected chi connectivity index (χ3v) is 8.62. The molecule has 3 aromatic rings. The standard InChI is InChI=1S/C28H31Cl2N3O5S/c1-5-38-22-13-11-21(12-14-22)33(39(36,37)23-15-9-19(2)10-16-23)18-27(34)32(20(3)28(35)31-4)17-24-25(29)7-6-8-26(24)30/h6-16,20H,5,17-18H2,1-4H3,(H,31,35)/t20-/m1/s1. The summed E-state index contributed by atoms with van der Waals surface area (Å²) in [6.45, 7) is 5.01. The molecule has 11 heteroatoms. The van der Waals surface area contributed by atoms with E-state index in [1.54, 1.807) is 61.5 Å². The average Bonchev–Trinajstić information content (AvgIpc) is 2.91. The fourth-order valence-corrected chi connectivity index (χ4v) is 5.82. The van der Waals surface area contributed by atoms with E-state index in [0.29, 0.717) is 28.0 Å². The van der Waals surface area contributed by atoms with Crippen LogP contribution in [0.5, 0.6) is 5.75 Å². The highest BCUT2D eigenvalue weighted by molar-refractivity contribution is 7.92. The molecule has 8 nitrogen and oxygen atoms in total. The second-order valence-corrected chi connectivity index (χ2v) is 11.4. The third kappa shape index (κ3) is 7.23. The van der Waals surface area contributed by atoms with Gasteiger partial charge in [0.1, 0.15) is 18.3 Å². The number of nitrogens with one attached hydrogen (secondary N) is 1. The van der Waals surface area contributed by atoms with Crippen LogP contribution in [0.15, 0.2) is 71.6 Å². The lowest BCUT2D eigenvalue weighted by Crippen LogP contribution is -2.50. The fraction of sp³-hybridized carbons (Fsp3) is 0.286. The number of carbonyl (C=O) groups is 2. The lowest BCUT2D eigenvalue weighted by molar-refractivity contribution is -0.139. The number of anilines is 1. The molecule has 0 spiro atoms. The van der Waals surface area contributed by atoms with Gasteiger partial charge in [0.15, 0.2) is 0 Å². The second-order valence-electron chi connectivity index (χ2n) is 8.76. The van der Waals surface area contributed by atoms with Gasteiger partial charge in [-0.1, -0.05) is 47.0 Å². The van der Waals surface area contributed by atoms with E-state index in [0.717, 1.165) is 9.87 Å². The van der Waals surface area contributed by atoms with Crippen LogP contribution in [-0.4, -0.2) is 51.4 Å². The highest BCUT2D eigenvalue weighted by Gasteiger charge is 2.33. The second kappa shape index (κ2) is 13.2. The largest absolute Gasteiger partial charge is 0.494 e. The van der Waals surface area contributed by atoms with Gasteiger partial charge in [0.2, 0.25) is 11.8 Å². The number of nitrogens with zero attached hydrogens (tertiary/aromatic N) is 2. The molecular formula is C28H31Cl2N3O5S. The topological polar surface area (TPSA) is 96.0 Å². The van der Waals surface area contributed by atoms with Crippen molar-refractivity contribution >= 4 is 50.7 Å². The third-order valence-electron chi connectivity index (χ3n) is 6.13. The van der Waals surface area contributed by atoms with Crippen LogP contribution in [-0.2, 0) is 26.2 Å². The van der Waals surface area contributed by atoms with Crippen LogP contribution in [0, 0.1) is 6.92 Å². The Kier molecular flexibility index (Phi) is 10.2. The molecule has 0 saturated heterocycles. The monoisotopic (exact) mass is 591 g/mol. The van der Waals surface area contributed by atoms with Crippen LogP contribution in [0.4, 0.5) is 5.69 Å². The van der Waals surface area contributed by atoms with E-state index in [4.69, 9.17) is 27.9 Å². The summed E-state index contributed by atoms with van der Waals surface area (Å²) in [7, 11) is -2.72. The number of likely N-dealkylation sites (N-methyl/N-ethyl adjacent to an activating group) is 1. The van der Waals surface area contributed by atoms with Crippen LogP contribution in [0.2, 0.25) is 10.0 Å². The molecule has 1 atom stereocenters. The number of benzene rings is 3. The maximum Gasteiger partial charge on any atom is 0.264 e. The first kappa shape index (κ1) is 30.3. The van der Waals surface area contributed by atoms with E-state index in [2.05, 4.69) is 5.32 Å². The number of sulfonamides is 1. The summed E-state index contributed by atoms with van der Waals surface area (Å²) in [6, 6.07) is 16.7. The van der Waals surface area contributed by atoms with Crippen molar-refractivity contribution in [3.05, 3.63) is 87.9 Å². The summed E-state index contributed by atoms with van der Waals surface area (Å²) in [5, 5.41) is 3.17. The molecule has 0 heterocycles. The van der Waals surface area contributed by atoms with Crippen molar-refractivity contribution in [2.24, 2.45) is 0 Å². The van der Waals surface area contributed by atoms with Crippen LogP contribution in [0.3, 0.4) is 0 Å². The summed E-state index contributed by atoms with van der Waals surface area (Å²) in [6.07, 6.45) is 0. The zero-order valence-corrected chi connectivity index (χ0v) is 24.5. The van der Waals surface area contributed by atoms with Gasteiger partial charge in [0.05, 0.1) is 17.2 Å². The summed E-state index contributed by atoms with van der Waals surface area (Å²) in [5.41, 5.74) is 1.59. The van der Waals surface area contributed by atoms with Gasteiger partial charge >= 0.3 is 0 Å². The van der Waals surface area contributed by atoms with Crippen molar-refractivity contribution in [1.29, 1.82) is 0 Å². The number of ether oxygens (including phenoxy) is 1. The lowest BCUT2D eigenvalue weighted by atomic mass is 10.1. The molecule has 2 amide bonds. The summed E-state index contributed by atoms with van der Waals surface area (Å²) >= 11 is 12.7. The van der Waals surface area contributed by atoms with Crippen molar-refractivity contribution in [2.75, 3.05) is 24.5 Å². The highest BCUT2D eigenvalue weighted by atomic mass is 35.5. The van der Waals surface area contributed by atoms with Crippen LogP contribution in [0.1, 0.15) is 25.0 Å². The minimum atomic E-state index is -4.17. The number of carbonyl (C=O) groups excluding carboxylic acids is 2. The summed E-state index contributed by atoms with van der Waals surface area (Å²) in [4.78, 5) is 27.7. The first-order valence-electron chi connectivity index (χ1n) is 12.3. The molecule has 3 rings (SSSR count). The predicted octanol–water partition coefficient (Wildman–Crippen LogP) is 5.06. The van der Waals surface area contributed by atoms with Crippen molar-refractivity contribution in [3.63, 3.8) is 0 Å². The van der Waals surface area contributed by atoms with Gasteiger partial charge in [0.25, 0.3) is 10.0 Å². The van der Waals surface area contributed by atoms with Crippen LogP contribution in [0.25, 0.3) is 0 Å². The number of aryl methyl sites for hydroxylation is 1. The van der Waals surface area contributed by atoms with Gasteiger partial charge in [-0.05, 0) is 69.3 Å². The highest BCUT2D eigenvalue weighted by Crippen LogP contribution is 2.29. The minimum absolute atomic E-state index is 0.0230. The van der Waals surface area contributed by atoms with Gasteiger partial charge in [-0.15, -0.1) is 0 Å². The van der Waals surface area contributed by atoms with Gasteiger partial charge in [0, 0.05) is 29.2 Å². The summed E-state index contributed by atoms with van der Waals surface area (Å²) < 4.78 is 34.2. The number of amides is 2. The van der Waals surface area contributed by atoms with E-state index in [9.17, 15) is 18.0 Å². The number of hydrogen-bond acceptors (Lipinski definition) is 5. The lowest BCUT2D eigenvalue weighted by Gasteiger charge is -2.32. The Balaban J connectivity index is 2.06. The maximum atomic E-state index is 13.8. The van der Waals surface area contributed by atoms with Gasteiger partial charge in [-0.25, -0.2) is 8.42 Å². The molecular weight excluding hydrogens is 561 g/mol. The molecule has 0 bridgehead atoms. The molecule has 0 aromatic heterocycles. The maximum absolute atomic E-state index is 13.8. The zero-order valence-electron chi connectivity index (χ0n) is 22.1. The minimum Gasteiger partial charge on any atom is -0.494 e. The average molecular weight is 593 g/mol. The Morgan fingerprint density at radius 2 is 1.56 bits per heavy atom. The van der Waals surface area contributed by atoms with Crippen molar-refractivity contribution < 1.29 is 22.7 Å². The van der Waals surface area contributed by atoms with Gasteiger partial charge < -0.3 is 15.0 Å². The molecule has 0 aliphatic rings. The molecule has 39 heavy (non-hydrogen) atoms. The molecule has 1 N–H and O–H groups in total. The molecule has 0 aliphatic heterocycles. The molecule has 0 aliphatic carbocycles. The zero-order chi connectivity index (χ0) is 28.7. The van der Waals surface area contributed by atoms with Crippen molar-refractivity contribution in [1.82, 2.24) is 10.2 Å². The van der Waals surface area contributed by atoms with Crippen molar-refractivity contribution in [2.45, 2.75) is 38.3 Å². The van der Waals surface area contributed by atoms with Crippen molar-refractivity contribution in [3.8, 4) is 5.75 Å². The van der Waals surface area contributed by atoms with Gasteiger partial charge in [-0.2, -0.15) is 0 Å². The molecule has 208 valence electrons. The van der Waals surface area contributed by atoms with Gasteiger partial charge in [-0.3, -0.25) is 13.9 Å². The smallest absolute Gasteiger partial charge is 0.264 e. The van der Waals surface area contributed by atoms with E-state index in [1.165, 1.54) is 24.1 Å². The van der Waals surface area contributed by atoms with E-state index >= 15 is 0 Å². The quantitative estimate of drug-likeness (QED) is 0.336. The predicted molar refractivity (Wildman–Crippen MR) is 154 cm³/mol. The Morgan fingerprint density at radius 3 is 2.10 bits per heavy atom. The normalized spacial score (nSPS) is 11.9. The molecule has 3 aromatic carbocycles. The first-order chi connectivity index (χ1) is 18.5. The molecule has 0 unspecified atom stereocenters. The Labute approximate surface area is 239 Å². The number of halogens is 2. The SMILES string of the molecule is CCOc1ccc(N(CC(=O)N(Cc2c(Cl)cccc2Cl)[C@H](C)C(=O)NC)S(=O)(=O)c2ccc(C)cc2)cc1. The number of hydrogen-bond donors (Lipinski definition) is 1. The van der Waals surface area contributed by atoms with E-state index in [1.807, 2.05) is 13.8 Å². The first-order valence-corrected chi connectivity index (χ1v) is 14.4. The molecule has 0 radical (unpaired) electrons. The Morgan fingerprint density at radius 1 is 0.974 bits per heavy atom. The van der Waals surface area contributed by atoms with E-state index in [-0.39, 0.29) is 17.1 Å². The Hall–Kier alpha value is -3.27. The number of rotatable bonds is 11. The van der Waals surface area contributed by atoms with Crippen LogP contribution >= 0.6 is 23.2 Å². The molecule has 0 saturated carbocycles. The fourth-order valence-electron chi connectivity index (χ4n) is 3.89. The summed E-state index contributed by atoms with van der Waals surface area (Å²) in [5.74, 6) is -0.490. The van der Waals surface area contributed by atoms with Crippen LogP contribution < -0.4 is 14.4 Å². The molecule has 0 fully saturated rings.